The van der Waals surface area contributed by atoms with E-state index in [1.165, 1.54) is 12.1 Å². The van der Waals surface area contributed by atoms with E-state index in [9.17, 15) is 21.6 Å². The maximum atomic E-state index is 12.6. The number of sulfone groups is 1. The van der Waals surface area contributed by atoms with Crippen LogP contribution in [-0.2, 0) is 16.0 Å². The Morgan fingerprint density at radius 1 is 1.17 bits per heavy atom. The maximum Gasteiger partial charge on any atom is 0.419 e. The fourth-order valence-electron chi connectivity index (χ4n) is 1.27. The van der Waals surface area contributed by atoms with E-state index in [1.54, 1.807) is 0 Å². The highest BCUT2D eigenvalue weighted by Gasteiger charge is 2.35. The highest BCUT2D eigenvalue weighted by atomic mass is 32.2. The summed E-state index contributed by atoms with van der Waals surface area (Å²) in [6.07, 6.45) is -3.69. The molecule has 1 heterocycles. The van der Waals surface area contributed by atoms with E-state index in [4.69, 9.17) is 4.74 Å². The Morgan fingerprint density at radius 2 is 1.83 bits per heavy atom. The van der Waals surface area contributed by atoms with Crippen LogP contribution in [0.5, 0.6) is 5.75 Å². The molecule has 0 saturated heterocycles. The van der Waals surface area contributed by atoms with Gasteiger partial charge in [-0.05, 0) is 12.1 Å². The molecular formula is C10H6F3NO3S. The summed E-state index contributed by atoms with van der Waals surface area (Å²) < 4.78 is 65.2. The quantitative estimate of drug-likeness (QED) is 0.791. The standard InChI is InChI=1S/C10H6F3NO3S/c11-10(12,13)7-3-1-2-4-8(7)17-9-14-5-6-18(9,15)16/h1-6H. The van der Waals surface area contributed by atoms with Crippen LogP contribution in [0.1, 0.15) is 5.56 Å². The summed E-state index contributed by atoms with van der Waals surface area (Å²) in [6.45, 7) is 0. The number of benzene rings is 1. The molecule has 0 amide bonds. The molecule has 1 aromatic carbocycles. The van der Waals surface area contributed by atoms with Crippen molar-refractivity contribution in [2.45, 2.75) is 6.18 Å². The van der Waals surface area contributed by atoms with Gasteiger partial charge in [-0.25, -0.2) is 13.4 Å². The molecule has 0 spiro atoms. The Morgan fingerprint density at radius 3 is 2.39 bits per heavy atom. The topological polar surface area (TPSA) is 55.7 Å². The van der Waals surface area contributed by atoms with Gasteiger partial charge >= 0.3 is 11.4 Å². The van der Waals surface area contributed by atoms with E-state index < -0.39 is 32.6 Å². The van der Waals surface area contributed by atoms with Gasteiger partial charge in [-0.3, -0.25) is 0 Å². The number of para-hydroxylation sites is 1. The zero-order valence-electron chi connectivity index (χ0n) is 8.68. The van der Waals surface area contributed by atoms with Crippen molar-refractivity contribution in [3.63, 3.8) is 0 Å². The van der Waals surface area contributed by atoms with E-state index in [0.29, 0.717) is 0 Å². The van der Waals surface area contributed by atoms with E-state index in [1.807, 2.05) is 0 Å². The fourth-order valence-corrected chi connectivity index (χ4v) is 2.02. The van der Waals surface area contributed by atoms with Crippen molar-refractivity contribution in [3.8, 4) is 5.75 Å². The van der Waals surface area contributed by atoms with Crippen LogP contribution in [0.3, 0.4) is 0 Å². The molecule has 96 valence electrons. The molecule has 0 N–H and O–H groups in total. The van der Waals surface area contributed by atoms with Gasteiger partial charge in [0.2, 0.25) is 0 Å². The van der Waals surface area contributed by atoms with Crippen LogP contribution in [-0.4, -0.2) is 13.6 Å². The molecule has 0 saturated carbocycles. The van der Waals surface area contributed by atoms with Crippen molar-refractivity contribution in [2.75, 3.05) is 0 Å². The first-order chi connectivity index (χ1) is 8.31. The summed E-state index contributed by atoms with van der Waals surface area (Å²) in [5.74, 6) is -0.601. The Bertz CT molecular complexity index is 632. The SMILES string of the molecule is O=S1(=O)C=CN=C1Oc1ccccc1C(F)(F)F. The summed E-state index contributed by atoms with van der Waals surface area (Å²) in [5.41, 5.74) is -1.06. The molecule has 0 aromatic heterocycles. The molecule has 8 heteroatoms. The van der Waals surface area contributed by atoms with Crippen molar-refractivity contribution in [1.82, 2.24) is 0 Å². The Labute approximate surface area is 100 Å². The second kappa shape index (κ2) is 4.13. The number of aliphatic imine (C=N–C) groups is 1. The van der Waals surface area contributed by atoms with Gasteiger partial charge in [0.15, 0.2) is 0 Å². The first-order valence-electron chi connectivity index (χ1n) is 4.64. The Hall–Kier alpha value is -1.83. The van der Waals surface area contributed by atoms with Crippen molar-refractivity contribution in [2.24, 2.45) is 4.99 Å². The van der Waals surface area contributed by atoms with Crippen LogP contribution in [0.15, 0.2) is 40.9 Å². The average Bonchev–Trinajstić information content (AvgIpc) is 2.58. The summed E-state index contributed by atoms with van der Waals surface area (Å²) >= 11 is 0. The van der Waals surface area contributed by atoms with Crippen molar-refractivity contribution < 1.29 is 26.3 Å². The zero-order chi connectivity index (χ0) is 13.4. The van der Waals surface area contributed by atoms with Crippen LogP contribution >= 0.6 is 0 Å². The molecule has 0 fully saturated rings. The average molecular weight is 277 g/mol. The lowest BCUT2D eigenvalue weighted by Gasteiger charge is -2.12. The molecule has 0 unspecified atom stereocenters. The molecule has 1 aliphatic rings. The molecule has 1 aliphatic heterocycles. The minimum Gasteiger partial charge on any atom is -0.429 e. The monoisotopic (exact) mass is 277 g/mol. The lowest BCUT2D eigenvalue weighted by atomic mass is 10.2. The van der Waals surface area contributed by atoms with E-state index in [0.717, 1.165) is 23.7 Å². The minimum atomic E-state index is -4.63. The molecule has 0 atom stereocenters. The zero-order valence-corrected chi connectivity index (χ0v) is 9.49. The van der Waals surface area contributed by atoms with Gasteiger partial charge in [0, 0.05) is 6.20 Å². The predicted octanol–water partition coefficient (Wildman–Crippen LogP) is 2.34. The number of hydrogen-bond acceptors (Lipinski definition) is 4. The molecule has 1 aromatic rings. The van der Waals surface area contributed by atoms with Crippen molar-refractivity contribution in [1.29, 1.82) is 0 Å². The highest BCUT2D eigenvalue weighted by molar-refractivity contribution is 8.08. The molecule has 2 rings (SSSR count). The molecule has 0 bridgehead atoms. The molecule has 18 heavy (non-hydrogen) atoms. The van der Waals surface area contributed by atoms with E-state index in [-0.39, 0.29) is 0 Å². The molecular weight excluding hydrogens is 271 g/mol. The van der Waals surface area contributed by atoms with Crippen LogP contribution in [0.2, 0.25) is 0 Å². The largest absolute Gasteiger partial charge is 0.429 e. The summed E-state index contributed by atoms with van der Waals surface area (Å²) in [5, 5.41) is -0.0161. The predicted molar refractivity (Wildman–Crippen MR) is 57.6 cm³/mol. The van der Waals surface area contributed by atoms with Crippen LogP contribution in [0.4, 0.5) is 13.2 Å². The van der Waals surface area contributed by atoms with Gasteiger partial charge in [0.05, 0.1) is 11.0 Å². The number of nitrogens with zero attached hydrogens (tertiary/aromatic N) is 1. The van der Waals surface area contributed by atoms with Gasteiger partial charge in [-0.2, -0.15) is 13.2 Å². The van der Waals surface area contributed by atoms with Gasteiger partial charge in [0.1, 0.15) is 5.75 Å². The lowest BCUT2D eigenvalue weighted by Crippen LogP contribution is -2.18. The van der Waals surface area contributed by atoms with Gasteiger partial charge in [-0.15, -0.1) is 0 Å². The fraction of sp³-hybridized carbons (Fsp3) is 0.100. The van der Waals surface area contributed by atoms with E-state index in [2.05, 4.69) is 4.99 Å². The van der Waals surface area contributed by atoms with Crippen molar-refractivity contribution in [3.05, 3.63) is 41.4 Å². The van der Waals surface area contributed by atoms with Crippen LogP contribution < -0.4 is 4.74 Å². The third-order valence-corrected chi connectivity index (χ3v) is 3.21. The third kappa shape index (κ3) is 2.37. The Kier molecular flexibility index (Phi) is 2.89. The maximum absolute atomic E-state index is 12.6. The first-order valence-corrected chi connectivity index (χ1v) is 6.19. The van der Waals surface area contributed by atoms with Gasteiger partial charge in [0.25, 0.3) is 9.84 Å². The second-order valence-electron chi connectivity index (χ2n) is 3.32. The Balaban J connectivity index is 2.37. The molecule has 0 radical (unpaired) electrons. The number of halogens is 3. The van der Waals surface area contributed by atoms with Crippen LogP contribution in [0, 0.1) is 0 Å². The van der Waals surface area contributed by atoms with Crippen molar-refractivity contribution >= 4 is 15.1 Å². The summed E-state index contributed by atoms with van der Waals surface area (Å²) in [4.78, 5) is 3.37. The number of alkyl halides is 3. The molecule has 4 nitrogen and oxygen atoms in total. The minimum absolute atomic E-state index is 0.601. The number of hydrogen-bond donors (Lipinski definition) is 0. The van der Waals surface area contributed by atoms with Gasteiger partial charge < -0.3 is 4.74 Å². The third-order valence-electron chi connectivity index (χ3n) is 2.05. The summed E-state index contributed by atoms with van der Waals surface area (Å²) in [7, 11) is -3.87. The normalized spacial score (nSPS) is 17.6. The van der Waals surface area contributed by atoms with E-state index >= 15 is 0 Å². The lowest BCUT2D eigenvalue weighted by molar-refractivity contribution is -0.138. The van der Waals surface area contributed by atoms with Gasteiger partial charge in [-0.1, -0.05) is 12.1 Å². The second-order valence-corrected chi connectivity index (χ2v) is 5.03. The highest BCUT2D eigenvalue weighted by Crippen LogP contribution is 2.36. The summed E-state index contributed by atoms with van der Waals surface area (Å²) in [6, 6.07) is 4.31. The molecule has 0 aliphatic carbocycles. The number of ether oxygens (including phenoxy) is 1. The van der Waals surface area contributed by atoms with Crippen LogP contribution in [0.25, 0.3) is 0 Å². The smallest absolute Gasteiger partial charge is 0.419 e. The number of rotatable bonds is 1. The first kappa shape index (κ1) is 12.6.